The molecule has 1 aromatic carbocycles. The van der Waals surface area contributed by atoms with Crippen LogP contribution in [0.5, 0.6) is 5.75 Å². The third-order valence-corrected chi connectivity index (χ3v) is 4.59. The molecular weight excluding hydrogens is 328 g/mol. The third kappa shape index (κ3) is 5.96. The van der Waals surface area contributed by atoms with Crippen LogP contribution >= 0.6 is 12.4 Å². The summed E-state index contributed by atoms with van der Waals surface area (Å²) in [5, 5.41) is 0. The average molecular weight is 357 g/mol. The van der Waals surface area contributed by atoms with Crippen molar-refractivity contribution in [2.75, 3.05) is 33.9 Å². The molecule has 1 saturated heterocycles. The van der Waals surface area contributed by atoms with E-state index in [9.17, 15) is 4.79 Å². The molecule has 24 heavy (non-hydrogen) atoms. The van der Waals surface area contributed by atoms with Crippen molar-refractivity contribution in [1.82, 2.24) is 4.90 Å². The van der Waals surface area contributed by atoms with Crippen molar-refractivity contribution in [2.24, 2.45) is 11.7 Å². The summed E-state index contributed by atoms with van der Waals surface area (Å²) in [6.07, 6.45) is 4.35. The fourth-order valence-corrected chi connectivity index (χ4v) is 3.09. The first kappa shape index (κ1) is 20.7. The highest BCUT2D eigenvalue weighted by Gasteiger charge is 2.26. The molecule has 1 atom stereocenters. The van der Waals surface area contributed by atoms with E-state index >= 15 is 0 Å². The fraction of sp³-hybridized carbons (Fsp3) is 0.611. The van der Waals surface area contributed by atoms with Crippen LogP contribution in [0.4, 0.5) is 0 Å². The number of nitrogens with two attached hydrogens (primary N) is 1. The Morgan fingerprint density at radius 3 is 2.42 bits per heavy atom. The number of aryl methyl sites for hydroxylation is 1. The molecule has 0 aromatic heterocycles. The topological polar surface area (TPSA) is 64.8 Å². The summed E-state index contributed by atoms with van der Waals surface area (Å²) in [5.74, 6) is 1.59. The molecule has 0 radical (unpaired) electrons. The van der Waals surface area contributed by atoms with E-state index in [0.717, 1.165) is 38.1 Å². The standard InChI is InChI=1S/C18H28N2O3.ClH/c1-22-13-17(19)18(21)20-11-9-15(10-12-20)4-3-14-5-7-16(23-2)8-6-14;/h5-8,15,17H,3-4,9-13,19H2,1-2H3;1H. The van der Waals surface area contributed by atoms with Gasteiger partial charge in [0, 0.05) is 20.2 Å². The lowest BCUT2D eigenvalue weighted by Crippen LogP contribution is -2.48. The molecule has 1 fully saturated rings. The van der Waals surface area contributed by atoms with Gasteiger partial charge in [0.1, 0.15) is 11.8 Å². The van der Waals surface area contributed by atoms with Crippen LogP contribution in [0.25, 0.3) is 0 Å². The molecule has 1 aliphatic heterocycles. The minimum atomic E-state index is -0.532. The second-order valence-electron chi connectivity index (χ2n) is 6.22. The molecule has 5 nitrogen and oxygen atoms in total. The zero-order valence-electron chi connectivity index (χ0n) is 14.6. The van der Waals surface area contributed by atoms with Crippen molar-refractivity contribution in [3.63, 3.8) is 0 Å². The number of piperidine rings is 1. The van der Waals surface area contributed by atoms with Crippen LogP contribution in [0.1, 0.15) is 24.8 Å². The predicted octanol–water partition coefficient (Wildman–Crippen LogP) is 2.26. The summed E-state index contributed by atoms with van der Waals surface area (Å²) in [7, 11) is 3.25. The SMILES string of the molecule is COCC(N)C(=O)N1CCC(CCc2ccc(OC)cc2)CC1.Cl. The smallest absolute Gasteiger partial charge is 0.241 e. The molecule has 1 unspecified atom stereocenters. The number of methoxy groups -OCH3 is 2. The predicted molar refractivity (Wildman–Crippen MR) is 97.7 cm³/mol. The van der Waals surface area contributed by atoms with Gasteiger partial charge in [0.2, 0.25) is 5.91 Å². The van der Waals surface area contributed by atoms with Gasteiger partial charge in [-0.05, 0) is 49.3 Å². The van der Waals surface area contributed by atoms with E-state index in [2.05, 4.69) is 12.1 Å². The molecule has 0 bridgehead atoms. The van der Waals surface area contributed by atoms with E-state index < -0.39 is 6.04 Å². The Hall–Kier alpha value is -1.30. The lowest BCUT2D eigenvalue weighted by Gasteiger charge is -2.33. The first-order valence-electron chi connectivity index (χ1n) is 8.30. The van der Waals surface area contributed by atoms with E-state index in [-0.39, 0.29) is 24.9 Å². The Bertz CT molecular complexity index is 488. The minimum absolute atomic E-state index is 0. The van der Waals surface area contributed by atoms with E-state index in [1.165, 1.54) is 12.0 Å². The van der Waals surface area contributed by atoms with Crippen LogP contribution < -0.4 is 10.5 Å². The Morgan fingerprint density at radius 1 is 1.25 bits per heavy atom. The second-order valence-corrected chi connectivity index (χ2v) is 6.22. The molecule has 0 aliphatic carbocycles. The van der Waals surface area contributed by atoms with Gasteiger partial charge in [0.25, 0.3) is 0 Å². The van der Waals surface area contributed by atoms with Crippen LogP contribution in [0.2, 0.25) is 0 Å². The highest BCUT2D eigenvalue weighted by atomic mass is 35.5. The molecule has 136 valence electrons. The maximum absolute atomic E-state index is 12.1. The van der Waals surface area contributed by atoms with Crippen LogP contribution in [0.15, 0.2) is 24.3 Å². The Morgan fingerprint density at radius 2 is 1.88 bits per heavy atom. The number of likely N-dealkylation sites (tertiary alicyclic amines) is 1. The van der Waals surface area contributed by atoms with E-state index in [4.69, 9.17) is 15.2 Å². The Labute approximate surface area is 150 Å². The fourth-order valence-electron chi connectivity index (χ4n) is 3.09. The number of hydrogen-bond acceptors (Lipinski definition) is 4. The third-order valence-electron chi connectivity index (χ3n) is 4.59. The maximum atomic E-state index is 12.1. The minimum Gasteiger partial charge on any atom is -0.497 e. The van der Waals surface area contributed by atoms with Crippen LogP contribution in [0.3, 0.4) is 0 Å². The molecule has 1 aromatic rings. The lowest BCUT2D eigenvalue weighted by atomic mass is 9.90. The van der Waals surface area contributed by atoms with Gasteiger partial charge in [0.15, 0.2) is 0 Å². The first-order valence-corrected chi connectivity index (χ1v) is 8.30. The van der Waals surface area contributed by atoms with Crippen molar-refractivity contribution < 1.29 is 14.3 Å². The highest BCUT2D eigenvalue weighted by molar-refractivity contribution is 5.85. The largest absolute Gasteiger partial charge is 0.497 e. The molecule has 0 saturated carbocycles. The summed E-state index contributed by atoms with van der Waals surface area (Å²) in [6.45, 7) is 1.91. The number of hydrogen-bond donors (Lipinski definition) is 1. The number of carbonyl (C=O) groups is 1. The number of halogens is 1. The highest BCUT2D eigenvalue weighted by Crippen LogP contribution is 2.23. The van der Waals surface area contributed by atoms with Gasteiger partial charge in [-0.25, -0.2) is 0 Å². The number of rotatable bonds is 7. The van der Waals surface area contributed by atoms with Crippen molar-refractivity contribution in [1.29, 1.82) is 0 Å². The molecule has 0 spiro atoms. The molecular formula is C18H29ClN2O3. The molecule has 2 rings (SSSR count). The van der Waals surface area contributed by atoms with Crippen LogP contribution in [-0.4, -0.2) is 50.8 Å². The zero-order valence-corrected chi connectivity index (χ0v) is 15.4. The van der Waals surface area contributed by atoms with E-state index in [1.54, 1.807) is 14.2 Å². The number of amides is 1. The molecule has 1 amide bonds. The van der Waals surface area contributed by atoms with Gasteiger partial charge >= 0.3 is 0 Å². The number of carbonyl (C=O) groups excluding carboxylic acids is 1. The molecule has 2 N–H and O–H groups in total. The molecule has 1 aliphatic rings. The quantitative estimate of drug-likeness (QED) is 0.813. The summed E-state index contributed by atoms with van der Waals surface area (Å²) in [4.78, 5) is 14.0. The summed E-state index contributed by atoms with van der Waals surface area (Å²) in [6, 6.07) is 7.74. The van der Waals surface area contributed by atoms with E-state index in [1.807, 2.05) is 17.0 Å². The monoisotopic (exact) mass is 356 g/mol. The van der Waals surface area contributed by atoms with Gasteiger partial charge in [-0.1, -0.05) is 12.1 Å². The number of benzene rings is 1. The Balaban J connectivity index is 0.00000288. The van der Waals surface area contributed by atoms with Crippen molar-refractivity contribution in [2.45, 2.75) is 31.7 Å². The maximum Gasteiger partial charge on any atom is 0.241 e. The van der Waals surface area contributed by atoms with Gasteiger partial charge in [0.05, 0.1) is 13.7 Å². The lowest BCUT2D eigenvalue weighted by molar-refractivity contribution is -0.135. The number of ether oxygens (including phenoxy) is 2. The van der Waals surface area contributed by atoms with Gasteiger partial charge in [-0.2, -0.15) is 0 Å². The first-order chi connectivity index (χ1) is 11.1. The zero-order chi connectivity index (χ0) is 16.7. The van der Waals surface area contributed by atoms with Gasteiger partial charge in [-0.15, -0.1) is 12.4 Å². The average Bonchev–Trinajstić information content (AvgIpc) is 2.60. The summed E-state index contributed by atoms with van der Waals surface area (Å²) in [5.41, 5.74) is 7.16. The Kier molecular flexibility index (Phi) is 9.11. The summed E-state index contributed by atoms with van der Waals surface area (Å²) < 4.78 is 10.1. The van der Waals surface area contributed by atoms with Crippen LogP contribution in [0, 0.1) is 5.92 Å². The van der Waals surface area contributed by atoms with E-state index in [0.29, 0.717) is 5.92 Å². The molecule has 6 heteroatoms. The van der Waals surface area contributed by atoms with Gasteiger partial charge in [-0.3, -0.25) is 4.79 Å². The van der Waals surface area contributed by atoms with Gasteiger partial charge < -0.3 is 20.1 Å². The van der Waals surface area contributed by atoms with Crippen molar-refractivity contribution >= 4 is 18.3 Å². The normalized spacial score (nSPS) is 16.4. The van der Waals surface area contributed by atoms with Crippen molar-refractivity contribution in [3.05, 3.63) is 29.8 Å². The van der Waals surface area contributed by atoms with Crippen molar-refractivity contribution in [3.8, 4) is 5.75 Å². The van der Waals surface area contributed by atoms with Crippen LogP contribution in [-0.2, 0) is 16.0 Å². The second kappa shape index (κ2) is 10.5. The summed E-state index contributed by atoms with van der Waals surface area (Å²) >= 11 is 0. The number of nitrogens with zero attached hydrogens (tertiary/aromatic N) is 1. The molecule has 1 heterocycles.